The van der Waals surface area contributed by atoms with E-state index in [1.807, 2.05) is 56.5 Å². The Hall–Kier alpha value is -3.69. The van der Waals surface area contributed by atoms with Crippen molar-refractivity contribution in [2.45, 2.75) is 140 Å². The van der Waals surface area contributed by atoms with Crippen LogP contribution in [-0.2, 0) is 13.0 Å². The van der Waals surface area contributed by atoms with Gasteiger partial charge < -0.3 is 56.5 Å². The zero-order chi connectivity index (χ0) is 45.2. The first-order chi connectivity index (χ1) is 31.0. The Labute approximate surface area is 380 Å². The summed E-state index contributed by atoms with van der Waals surface area (Å²) in [6, 6.07) is 11.2. The molecule has 0 aromatic heterocycles. The first-order valence-corrected chi connectivity index (χ1v) is 24.1. The highest BCUT2D eigenvalue weighted by Crippen LogP contribution is 2.50. The zero-order valence-electron chi connectivity index (χ0n) is 38.0. The van der Waals surface area contributed by atoms with Crippen LogP contribution in [-0.4, -0.2) is 105 Å². The molecule has 2 fully saturated rings. The van der Waals surface area contributed by atoms with Gasteiger partial charge in [-0.15, -0.1) is 16.6 Å². The number of hydrogen-bond acceptors (Lipinski definition) is 11. The van der Waals surface area contributed by atoms with Gasteiger partial charge in [0, 0.05) is 50.5 Å². The average Bonchev–Trinajstić information content (AvgIpc) is 4.03. The van der Waals surface area contributed by atoms with Crippen LogP contribution in [0.15, 0.2) is 70.9 Å². The maximum Gasteiger partial charge on any atom is 0.208 e. The van der Waals surface area contributed by atoms with E-state index in [1.165, 1.54) is 25.2 Å². The van der Waals surface area contributed by atoms with Gasteiger partial charge in [0.25, 0.3) is 0 Å². The van der Waals surface area contributed by atoms with Crippen molar-refractivity contribution in [3.05, 3.63) is 100 Å². The molecule has 350 valence electrons. The molecular weight excluding hydrogens is 809 g/mol. The lowest BCUT2D eigenvalue weighted by molar-refractivity contribution is -0.0552. The number of unbranched alkanes of at least 4 members (excludes halogenated alkanes) is 3. The van der Waals surface area contributed by atoms with Gasteiger partial charge >= 0.3 is 0 Å². The zero-order valence-corrected chi connectivity index (χ0v) is 38.0. The Morgan fingerprint density at radius 3 is 2.64 bits per heavy atom. The third-order valence-electron chi connectivity index (χ3n) is 14.4. The number of nitrogens with one attached hydrogen (secondary N) is 2. The molecule has 3 aliphatic carbocycles. The van der Waals surface area contributed by atoms with E-state index in [9.17, 15) is 30.6 Å². The highest BCUT2D eigenvalue weighted by atomic mass is 16.5. The number of aromatic hydroxyl groups is 1. The molecule has 0 amide bonds. The molecule has 7 rings (SSSR count). The molecule has 2 aromatic carbocycles. The van der Waals surface area contributed by atoms with Crippen molar-refractivity contribution in [2.75, 3.05) is 33.4 Å². The van der Waals surface area contributed by atoms with Crippen LogP contribution in [0.2, 0.25) is 0 Å². The largest absolute Gasteiger partial charge is 0.504 e. The Bertz CT molecular complexity index is 1950. The molecule has 12 nitrogen and oxygen atoms in total. The fourth-order valence-electron chi connectivity index (χ4n) is 11.0. The minimum absolute atomic E-state index is 0.00985. The SMILES string of the molecule is CNCC(NCC(C)O)C1[C+]2C=C(C(O)COc3cc(CC[C-]4C=C(CO)C(CCCCCCC(N)CC5C=Cc6cc(CO)ccc6C5O)[OH+]4)ccc3O)N=C2CCC2CCCC21. The molecule has 12 heteroatoms. The number of aliphatic hydroxyl groups excluding tert-OH is 5. The lowest BCUT2D eigenvalue weighted by Gasteiger charge is -2.33. The van der Waals surface area contributed by atoms with Gasteiger partial charge in [0.2, 0.25) is 5.70 Å². The van der Waals surface area contributed by atoms with Crippen LogP contribution in [0.4, 0.5) is 0 Å². The van der Waals surface area contributed by atoms with Gasteiger partial charge in [0.05, 0.1) is 30.8 Å². The number of aryl methyl sites for hydroxylation is 1. The first-order valence-electron chi connectivity index (χ1n) is 24.1. The Balaban J connectivity index is 0.836. The second kappa shape index (κ2) is 23.2. The monoisotopic (exact) mass is 884 g/mol. The van der Waals surface area contributed by atoms with Gasteiger partial charge in [-0.25, -0.2) is 0 Å². The van der Waals surface area contributed by atoms with Crippen molar-refractivity contribution >= 4 is 11.8 Å². The molecule has 0 bridgehead atoms. The van der Waals surface area contributed by atoms with E-state index >= 15 is 0 Å². The van der Waals surface area contributed by atoms with Crippen LogP contribution < -0.4 is 21.1 Å². The van der Waals surface area contributed by atoms with Crippen LogP contribution in [0.5, 0.6) is 11.5 Å². The quantitative estimate of drug-likeness (QED) is 0.0360. The highest BCUT2D eigenvalue weighted by molar-refractivity contribution is 6.03. The fraction of sp³-hybridized carbons (Fsp3) is 0.596. The molecule has 64 heavy (non-hydrogen) atoms. The van der Waals surface area contributed by atoms with Crippen molar-refractivity contribution in [2.24, 2.45) is 34.4 Å². The van der Waals surface area contributed by atoms with E-state index in [4.69, 9.17) is 20.2 Å². The van der Waals surface area contributed by atoms with Crippen LogP contribution in [0.1, 0.15) is 119 Å². The topological polar surface area (TPSA) is 206 Å². The van der Waals surface area contributed by atoms with E-state index in [0.29, 0.717) is 42.7 Å². The Morgan fingerprint density at radius 2 is 1.84 bits per heavy atom. The second-order valence-electron chi connectivity index (χ2n) is 19.1. The normalized spacial score (nSPS) is 25.8. The summed E-state index contributed by atoms with van der Waals surface area (Å²) in [6.45, 7) is 3.02. The third-order valence-corrected chi connectivity index (χ3v) is 14.4. The van der Waals surface area contributed by atoms with Crippen molar-refractivity contribution in [1.29, 1.82) is 0 Å². The van der Waals surface area contributed by atoms with E-state index in [0.717, 1.165) is 104 Å². The fourth-order valence-corrected chi connectivity index (χ4v) is 11.0. The van der Waals surface area contributed by atoms with Crippen molar-refractivity contribution in [1.82, 2.24) is 10.6 Å². The highest BCUT2D eigenvalue weighted by Gasteiger charge is 2.52. The second-order valence-corrected chi connectivity index (χ2v) is 19.1. The average molecular weight is 884 g/mol. The minimum atomic E-state index is -0.964. The van der Waals surface area contributed by atoms with E-state index in [-0.39, 0.29) is 55.6 Å². The van der Waals surface area contributed by atoms with Crippen molar-refractivity contribution < 1.29 is 40.1 Å². The number of benzene rings is 2. The smallest absolute Gasteiger partial charge is 0.208 e. The number of aliphatic imine (C=N–C) groups is 1. The number of likely N-dealkylation sites (N-methyl/N-ethyl adjacent to an activating group) is 1. The summed E-state index contributed by atoms with van der Waals surface area (Å²) >= 11 is 0. The molecule has 0 spiro atoms. The van der Waals surface area contributed by atoms with E-state index in [2.05, 4.69) is 22.8 Å². The number of ether oxygens (including phenoxy) is 2. The third kappa shape index (κ3) is 12.2. The summed E-state index contributed by atoms with van der Waals surface area (Å²) in [5.41, 5.74) is 12.8. The summed E-state index contributed by atoms with van der Waals surface area (Å²) in [5.74, 6) is 2.93. The summed E-state index contributed by atoms with van der Waals surface area (Å²) in [4.78, 5) is 4.99. The lowest BCUT2D eigenvalue weighted by atomic mass is 9.72. The molecule has 2 saturated carbocycles. The number of phenolic OH excluding ortho intramolecular Hbond substituents is 1. The number of allylic oxidation sites excluding steroid dienone is 1. The lowest BCUT2D eigenvalue weighted by Crippen LogP contribution is -2.50. The molecule has 2 heterocycles. The molecular formula is C52H75N4O8+. The van der Waals surface area contributed by atoms with Gasteiger partial charge in [-0.2, -0.15) is 0 Å². The molecule has 11 N–H and O–H groups in total. The van der Waals surface area contributed by atoms with Gasteiger partial charge in [-0.3, -0.25) is 0 Å². The minimum Gasteiger partial charge on any atom is -0.504 e. The number of fused-ring (bicyclic) bond motifs is 3. The van der Waals surface area contributed by atoms with Gasteiger partial charge in [0.1, 0.15) is 30.4 Å². The molecule has 10 unspecified atom stereocenters. The van der Waals surface area contributed by atoms with E-state index < -0.39 is 18.3 Å². The number of nitrogens with zero attached hydrogens (tertiary/aromatic N) is 1. The molecule has 2 aromatic rings. The van der Waals surface area contributed by atoms with Crippen LogP contribution >= 0.6 is 0 Å². The summed E-state index contributed by atoms with van der Waals surface area (Å²) in [6.07, 6.45) is 20.9. The van der Waals surface area contributed by atoms with Gasteiger partial charge in [-0.05, 0) is 111 Å². The molecule has 0 radical (unpaired) electrons. The van der Waals surface area contributed by atoms with E-state index in [1.54, 1.807) is 6.07 Å². The van der Waals surface area contributed by atoms with Crippen molar-refractivity contribution in [3.63, 3.8) is 0 Å². The number of aliphatic hydroxyl groups is 7. The number of nitrogens with two attached hydrogens (primary N) is 1. The molecule has 0 saturated heterocycles. The van der Waals surface area contributed by atoms with Crippen LogP contribution in [0.3, 0.4) is 0 Å². The first kappa shape index (κ1) is 48.2. The standard InChI is InChI=1S/C52H74N4O8/c1-32(59)27-55-46(28-54-2)51-41-10-7-8-35(41)17-20-44-43(51)26-45(56-44)48(61)31-63-50-23-33(14-21-47(50)60)12-18-40-25-38(30-58)49(64-40)11-6-4-3-5-9-39(53)24-37-16-15-36-22-34(29-57)13-19-42(36)52(37)62/h13-16,19,21-23,25-26,32,35,37,39,41,46,48-49,51-52,54-55,57-59,61-62,64H,3-12,17-18,20,24,27-31,53H2,1-2H3/p+1. The molecule has 2 aliphatic heterocycles. The predicted octanol–water partition coefficient (Wildman–Crippen LogP) is 5.65. The van der Waals surface area contributed by atoms with Crippen LogP contribution in [0, 0.1) is 35.7 Å². The Morgan fingerprint density at radius 1 is 1.02 bits per heavy atom. The number of hydrogen-bond donors (Lipinski definition) is 9. The van der Waals surface area contributed by atoms with Crippen molar-refractivity contribution in [3.8, 4) is 11.5 Å². The maximum absolute atomic E-state index is 11.4. The molecule has 10 atom stereocenters. The summed E-state index contributed by atoms with van der Waals surface area (Å²) in [5, 5.41) is 69.8. The summed E-state index contributed by atoms with van der Waals surface area (Å²) in [7, 11) is 1.97. The van der Waals surface area contributed by atoms with Gasteiger partial charge in [0.15, 0.2) is 17.6 Å². The maximum atomic E-state index is 11.4. The summed E-state index contributed by atoms with van der Waals surface area (Å²) < 4.78 is 11.1. The Kier molecular flexibility index (Phi) is 17.5. The predicted molar refractivity (Wildman–Crippen MR) is 252 cm³/mol. The van der Waals surface area contributed by atoms with Crippen LogP contribution in [0.25, 0.3) is 6.08 Å². The number of rotatable bonds is 24. The van der Waals surface area contributed by atoms with Gasteiger partial charge in [-0.1, -0.05) is 62.5 Å². The molecule has 5 aliphatic rings. The number of phenols is 1.